The third-order valence-electron chi connectivity index (χ3n) is 5.20. The van der Waals surface area contributed by atoms with Crippen LogP contribution in [0.1, 0.15) is 51.1 Å². The molecule has 2 saturated heterocycles. The van der Waals surface area contributed by atoms with Crippen LogP contribution in [0.25, 0.3) is 0 Å². The molecule has 0 N–H and O–H groups in total. The van der Waals surface area contributed by atoms with Crippen LogP contribution in [-0.4, -0.2) is 42.0 Å². The van der Waals surface area contributed by atoms with Crippen LogP contribution in [0.3, 0.4) is 0 Å². The highest BCUT2D eigenvalue weighted by Crippen LogP contribution is 2.28. The summed E-state index contributed by atoms with van der Waals surface area (Å²) in [4.78, 5) is 20.7. The van der Waals surface area contributed by atoms with Gasteiger partial charge in [0.2, 0.25) is 5.91 Å². The highest BCUT2D eigenvalue weighted by Gasteiger charge is 2.24. The van der Waals surface area contributed by atoms with E-state index >= 15 is 0 Å². The number of rotatable bonds is 2. The maximum atomic E-state index is 11.6. The maximum absolute atomic E-state index is 11.6. The molecule has 1 aromatic rings. The lowest BCUT2D eigenvalue weighted by Gasteiger charge is -2.33. The highest BCUT2D eigenvalue weighted by atomic mass is 16.2. The molecular weight excluding hydrogens is 274 g/mol. The lowest BCUT2D eigenvalue weighted by Crippen LogP contribution is -2.37. The summed E-state index contributed by atoms with van der Waals surface area (Å²) in [7, 11) is 0. The smallest absolute Gasteiger partial charge is 0.219 e. The van der Waals surface area contributed by atoms with Crippen molar-refractivity contribution in [1.29, 1.82) is 0 Å². The summed E-state index contributed by atoms with van der Waals surface area (Å²) in [6.45, 7) is 8.01. The van der Waals surface area contributed by atoms with Crippen molar-refractivity contribution in [1.82, 2.24) is 9.88 Å². The second-order valence-corrected chi connectivity index (χ2v) is 6.92. The Balaban J connectivity index is 1.65. The largest absolute Gasteiger partial charge is 0.370 e. The molecule has 1 atom stereocenters. The number of piperidine rings is 2. The highest BCUT2D eigenvalue weighted by molar-refractivity contribution is 5.73. The molecule has 0 saturated carbocycles. The van der Waals surface area contributed by atoms with Crippen LogP contribution in [0.5, 0.6) is 0 Å². The Labute approximate surface area is 133 Å². The quantitative estimate of drug-likeness (QED) is 0.842. The van der Waals surface area contributed by atoms with Crippen molar-refractivity contribution in [3.05, 3.63) is 24.0 Å². The van der Waals surface area contributed by atoms with E-state index in [0.717, 1.165) is 50.6 Å². The van der Waals surface area contributed by atoms with E-state index in [4.69, 9.17) is 4.98 Å². The van der Waals surface area contributed by atoms with E-state index in [1.54, 1.807) is 6.92 Å². The summed E-state index contributed by atoms with van der Waals surface area (Å²) in [6, 6.07) is 4.38. The molecule has 4 nitrogen and oxygen atoms in total. The molecule has 0 bridgehead atoms. The van der Waals surface area contributed by atoms with Gasteiger partial charge in [-0.15, -0.1) is 0 Å². The van der Waals surface area contributed by atoms with Gasteiger partial charge in [-0.05, 0) is 43.7 Å². The number of carbonyl (C=O) groups excluding carboxylic acids is 1. The molecule has 120 valence electrons. The van der Waals surface area contributed by atoms with Gasteiger partial charge in [0.1, 0.15) is 0 Å². The van der Waals surface area contributed by atoms with Crippen molar-refractivity contribution in [2.24, 2.45) is 5.92 Å². The van der Waals surface area contributed by atoms with Crippen LogP contribution in [-0.2, 0) is 4.79 Å². The lowest BCUT2D eigenvalue weighted by atomic mass is 9.94. The molecule has 3 heterocycles. The molecule has 4 heteroatoms. The van der Waals surface area contributed by atoms with Gasteiger partial charge < -0.3 is 9.80 Å². The number of hydrogen-bond donors (Lipinski definition) is 0. The Bertz CT molecular complexity index is 506. The molecule has 0 aromatic carbocycles. The van der Waals surface area contributed by atoms with Crippen molar-refractivity contribution in [2.45, 2.75) is 45.4 Å². The zero-order valence-corrected chi connectivity index (χ0v) is 13.8. The summed E-state index contributed by atoms with van der Waals surface area (Å²) in [5.41, 5.74) is 2.38. The SMILES string of the molecule is CC(=O)N1CCC[C@H](c2ccc(N3CCC(C)CC3)cn2)C1. The van der Waals surface area contributed by atoms with E-state index < -0.39 is 0 Å². The molecule has 2 aliphatic heterocycles. The third-order valence-corrected chi connectivity index (χ3v) is 5.20. The third kappa shape index (κ3) is 3.42. The van der Waals surface area contributed by atoms with Crippen molar-refractivity contribution >= 4 is 11.6 Å². The van der Waals surface area contributed by atoms with Gasteiger partial charge in [-0.25, -0.2) is 0 Å². The molecule has 0 aliphatic carbocycles. The number of nitrogens with zero attached hydrogens (tertiary/aromatic N) is 3. The zero-order chi connectivity index (χ0) is 15.5. The van der Waals surface area contributed by atoms with Crippen molar-refractivity contribution in [3.8, 4) is 0 Å². The van der Waals surface area contributed by atoms with Crippen LogP contribution >= 0.6 is 0 Å². The van der Waals surface area contributed by atoms with E-state index in [0.29, 0.717) is 5.92 Å². The number of aromatic nitrogens is 1. The topological polar surface area (TPSA) is 36.4 Å². The fourth-order valence-corrected chi connectivity index (χ4v) is 3.60. The fourth-order valence-electron chi connectivity index (χ4n) is 3.60. The number of hydrogen-bond acceptors (Lipinski definition) is 3. The average Bonchev–Trinajstić information content (AvgIpc) is 2.56. The first kappa shape index (κ1) is 15.3. The van der Waals surface area contributed by atoms with Crippen molar-refractivity contribution in [2.75, 3.05) is 31.1 Å². The first-order valence-electron chi connectivity index (χ1n) is 8.60. The minimum atomic E-state index is 0.184. The van der Waals surface area contributed by atoms with Crippen LogP contribution < -0.4 is 4.90 Å². The van der Waals surface area contributed by atoms with Gasteiger partial charge in [0.05, 0.1) is 11.9 Å². The predicted octanol–water partition coefficient (Wildman–Crippen LogP) is 3.04. The molecule has 0 radical (unpaired) electrons. The van der Waals surface area contributed by atoms with Gasteiger partial charge in [0.15, 0.2) is 0 Å². The van der Waals surface area contributed by atoms with Crippen molar-refractivity contribution in [3.63, 3.8) is 0 Å². The second kappa shape index (κ2) is 6.67. The molecule has 2 aliphatic rings. The summed E-state index contributed by atoms with van der Waals surface area (Å²) in [6.07, 6.45) is 6.79. The van der Waals surface area contributed by atoms with E-state index in [1.165, 1.54) is 18.5 Å². The fraction of sp³-hybridized carbons (Fsp3) is 0.667. The number of carbonyl (C=O) groups is 1. The van der Waals surface area contributed by atoms with E-state index in [2.05, 4.69) is 24.0 Å². The summed E-state index contributed by atoms with van der Waals surface area (Å²) in [5, 5.41) is 0. The van der Waals surface area contributed by atoms with Gasteiger partial charge in [-0.3, -0.25) is 9.78 Å². The van der Waals surface area contributed by atoms with Crippen LogP contribution in [0.2, 0.25) is 0 Å². The van der Waals surface area contributed by atoms with Crippen LogP contribution in [0.15, 0.2) is 18.3 Å². The summed E-state index contributed by atoms with van der Waals surface area (Å²) < 4.78 is 0. The van der Waals surface area contributed by atoms with Crippen molar-refractivity contribution < 1.29 is 4.79 Å². The van der Waals surface area contributed by atoms with Crippen LogP contribution in [0, 0.1) is 5.92 Å². The molecule has 0 spiro atoms. The minimum absolute atomic E-state index is 0.184. The first-order chi connectivity index (χ1) is 10.6. The summed E-state index contributed by atoms with van der Waals surface area (Å²) >= 11 is 0. The normalized spacial score (nSPS) is 23.6. The van der Waals surface area contributed by atoms with E-state index in [9.17, 15) is 4.79 Å². The van der Waals surface area contributed by atoms with Gasteiger partial charge in [-0.2, -0.15) is 0 Å². The molecule has 1 aromatic heterocycles. The zero-order valence-electron chi connectivity index (χ0n) is 13.8. The predicted molar refractivity (Wildman–Crippen MR) is 89.1 cm³/mol. The Morgan fingerprint density at radius 2 is 1.95 bits per heavy atom. The number of likely N-dealkylation sites (tertiary alicyclic amines) is 1. The lowest BCUT2D eigenvalue weighted by molar-refractivity contribution is -0.130. The molecule has 0 unspecified atom stereocenters. The Morgan fingerprint density at radius 1 is 1.18 bits per heavy atom. The Kier molecular flexibility index (Phi) is 4.65. The first-order valence-corrected chi connectivity index (χ1v) is 8.60. The summed E-state index contributed by atoms with van der Waals surface area (Å²) in [5.74, 6) is 1.43. The van der Waals surface area contributed by atoms with E-state index in [1.807, 2.05) is 11.1 Å². The molecule has 1 amide bonds. The van der Waals surface area contributed by atoms with Gasteiger partial charge in [0, 0.05) is 44.7 Å². The molecular formula is C18H27N3O. The van der Waals surface area contributed by atoms with Crippen LogP contribution in [0.4, 0.5) is 5.69 Å². The van der Waals surface area contributed by atoms with Gasteiger partial charge >= 0.3 is 0 Å². The number of amides is 1. The molecule has 2 fully saturated rings. The van der Waals surface area contributed by atoms with E-state index in [-0.39, 0.29) is 5.91 Å². The number of pyridine rings is 1. The second-order valence-electron chi connectivity index (χ2n) is 6.92. The molecule has 22 heavy (non-hydrogen) atoms. The minimum Gasteiger partial charge on any atom is -0.370 e. The standard InChI is InChI=1S/C18H27N3O/c1-14-7-10-20(11-8-14)17-5-6-18(19-12-17)16-4-3-9-21(13-16)15(2)22/h5-6,12,14,16H,3-4,7-11,13H2,1-2H3/t16-/m0/s1. The average molecular weight is 301 g/mol. The Morgan fingerprint density at radius 3 is 2.59 bits per heavy atom. The number of anilines is 1. The van der Waals surface area contributed by atoms with Gasteiger partial charge in [-0.1, -0.05) is 6.92 Å². The maximum Gasteiger partial charge on any atom is 0.219 e. The monoisotopic (exact) mass is 301 g/mol. The van der Waals surface area contributed by atoms with Gasteiger partial charge in [0.25, 0.3) is 0 Å². The Hall–Kier alpha value is -1.58. The molecule has 3 rings (SSSR count).